The van der Waals surface area contributed by atoms with E-state index in [1.807, 2.05) is 0 Å². The number of hydrogen-bond acceptors (Lipinski definition) is 4. The highest BCUT2D eigenvalue weighted by molar-refractivity contribution is 5.69. The van der Waals surface area contributed by atoms with Gasteiger partial charge >= 0.3 is 5.97 Å². The van der Waals surface area contributed by atoms with Crippen LogP contribution in [0.3, 0.4) is 0 Å². The normalized spacial score (nSPS) is 29.9. The Morgan fingerprint density at radius 1 is 0.811 bits per heavy atom. The molecule has 0 spiro atoms. The number of nitrogens with zero attached hydrogens (tertiary/aromatic N) is 1. The van der Waals surface area contributed by atoms with Gasteiger partial charge in [0.25, 0.3) is 0 Å². The van der Waals surface area contributed by atoms with Crippen molar-refractivity contribution in [3.63, 3.8) is 0 Å². The number of carbonyl (C=O) groups is 1. The smallest absolute Gasteiger partial charge is 0.306 e. The highest BCUT2D eigenvalue weighted by Crippen LogP contribution is 2.47. The van der Waals surface area contributed by atoms with Crippen LogP contribution < -0.4 is 0 Å². The van der Waals surface area contributed by atoms with E-state index >= 15 is 0 Å². The molecule has 0 aromatic carbocycles. The van der Waals surface area contributed by atoms with Crippen LogP contribution in [0, 0.1) is 5.92 Å². The van der Waals surface area contributed by atoms with Gasteiger partial charge in [0.2, 0.25) is 0 Å². The topological polar surface area (TPSA) is 42.1 Å². The molecule has 0 saturated carbocycles. The van der Waals surface area contributed by atoms with Crippen molar-refractivity contribution in [2.75, 3.05) is 13.2 Å². The molecule has 2 fully saturated rings. The highest BCUT2D eigenvalue weighted by atomic mass is 16.6. The van der Waals surface area contributed by atoms with Crippen molar-refractivity contribution in [3.8, 4) is 0 Å². The summed E-state index contributed by atoms with van der Waals surface area (Å²) >= 11 is 0. The summed E-state index contributed by atoms with van der Waals surface area (Å²) < 4.78 is 11.8. The molecule has 0 aromatic heterocycles. The third-order valence-electron chi connectivity index (χ3n) is 9.98. The van der Waals surface area contributed by atoms with Gasteiger partial charge < -0.3 is 9.47 Å². The minimum absolute atomic E-state index is 0.00936. The summed E-state index contributed by atoms with van der Waals surface area (Å²) in [5.74, 6) is 0.336. The lowest BCUT2D eigenvalue weighted by Gasteiger charge is -2.60. The summed E-state index contributed by atoms with van der Waals surface area (Å²) in [5.41, 5.74) is 0.0668. The number of likely N-dealkylation sites (tertiary alicyclic amines) is 1. The van der Waals surface area contributed by atoms with Crippen LogP contribution in [0.1, 0.15) is 164 Å². The molecule has 2 aliphatic rings. The quantitative estimate of drug-likeness (QED) is 0.0857. The monoisotopic (exact) mass is 521 g/mol. The molecule has 2 heterocycles. The molecule has 0 aliphatic carbocycles. The minimum Gasteiger partial charge on any atom is -0.462 e. The molecule has 0 bridgehead atoms. The van der Waals surface area contributed by atoms with Crippen molar-refractivity contribution >= 4 is 5.97 Å². The van der Waals surface area contributed by atoms with Crippen LogP contribution in [0.5, 0.6) is 0 Å². The first-order valence-electron chi connectivity index (χ1n) is 16.4. The lowest BCUT2D eigenvalue weighted by molar-refractivity contribution is -0.177. The number of carbonyl (C=O) groups excluding carboxylic acids is 1. The first-order chi connectivity index (χ1) is 17.8. The van der Waals surface area contributed by atoms with Crippen molar-refractivity contribution in [3.05, 3.63) is 0 Å². The molecule has 0 N–H and O–H groups in total. The Balaban J connectivity index is 1.58. The Kier molecular flexibility index (Phi) is 15.1. The zero-order valence-corrected chi connectivity index (χ0v) is 25.8. The molecular weight excluding hydrogens is 458 g/mol. The lowest BCUT2D eigenvalue weighted by atomic mass is 9.67. The number of piperidine rings is 1. The molecule has 2 rings (SSSR count). The maximum atomic E-state index is 12.8. The van der Waals surface area contributed by atoms with Crippen molar-refractivity contribution in [1.29, 1.82) is 0 Å². The molecular formula is C33H63NO3. The van der Waals surface area contributed by atoms with Crippen LogP contribution in [0.15, 0.2) is 0 Å². The van der Waals surface area contributed by atoms with E-state index in [1.54, 1.807) is 0 Å². The molecule has 5 unspecified atom stereocenters. The van der Waals surface area contributed by atoms with E-state index in [2.05, 4.69) is 46.4 Å². The first kappa shape index (κ1) is 32.6. The first-order valence-corrected chi connectivity index (χ1v) is 16.4. The predicted molar refractivity (Wildman–Crippen MR) is 157 cm³/mol. The Bertz CT molecular complexity index is 621. The van der Waals surface area contributed by atoms with Gasteiger partial charge in [-0.15, -0.1) is 0 Å². The molecule has 2 saturated heterocycles. The fourth-order valence-electron chi connectivity index (χ4n) is 6.65. The van der Waals surface area contributed by atoms with Crippen molar-refractivity contribution in [2.45, 2.75) is 187 Å². The molecule has 4 nitrogen and oxygen atoms in total. The summed E-state index contributed by atoms with van der Waals surface area (Å²) in [4.78, 5) is 15.5. The summed E-state index contributed by atoms with van der Waals surface area (Å²) in [6.45, 7) is 15.8. The molecule has 2 aliphatic heterocycles. The van der Waals surface area contributed by atoms with Gasteiger partial charge in [-0.1, -0.05) is 118 Å². The summed E-state index contributed by atoms with van der Waals surface area (Å²) in [6.07, 6.45) is 24.2. The van der Waals surface area contributed by atoms with Gasteiger partial charge in [-0.25, -0.2) is 0 Å². The average Bonchev–Trinajstić information content (AvgIpc) is 3.72. The van der Waals surface area contributed by atoms with E-state index in [0.29, 0.717) is 18.4 Å². The molecule has 37 heavy (non-hydrogen) atoms. The van der Waals surface area contributed by atoms with E-state index in [9.17, 15) is 4.79 Å². The lowest BCUT2D eigenvalue weighted by Crippen LogP contribution is -2.68. The number of ether oxygens (including phenoxy) is 2. The van der Waals surface area contributed by atoms with E-state index in [4.69, 9.17) is 9.47 Å². The Morgan fingerprint density at radius 2 is 1.30 bits per heavy atom. The van der Waals surface area contributed by atoms with Gasteiger partial charge in [0.05, 0.1) is 12.7 Å². The number of rotatable bonds is 21. The second-order valence-corrected chi connectivity index (χ2v) is 12.8. The molecule has 0 aromatic rings. The van der Waals surface area contributed by atoms with E-state index in [0.717, 1.165) is 45.3 Å². The Morgan fingerprint density at radius 3 is 1.73 bits per heavy atom. The van der Waals surface area contributed by atoms with Gasteiger partial charge in [-0.05, 0) is 33.1 Å². The third-order valence-corrected chi connectivity index (χ3v) is 9.98. The molecule has 0 radical (unpaired) electrons. The maximum Gasteiger partial charge on any atom is 0.306 e. The minimum atomic E-state index is 0.00936. The molecule has 5 atom stereocenters. The highest BCUT2D eigenvalue weighted by Gasteiger charge is 2.54. The summed E-state index contributed by atoms with van der Waals surface area (Å²) in [5, 5.41) is 0. The largest absolute Gasteiger partial charge is 0.462 e. The summed E-state index contributed by atoms with van der Waals surface area (Å²) in [6, 6.07) is 0. The second kappa shape index (κ2) is 17.2. The SMILES string of the molecule is CCCCCCCCCCCCCCCCCC(=O)OC1CC(C)(CC)N(CC2CO2)C(C)(CC)C1C. The van der Waals surface area contributed by atoms with Crippen molar-refractivity contribution < 1.29 is 14.3 Å². The Hall–Kier alpha value is -0.610. The van der Waals surface area contributed by atoms with E-state index < -0.39 is 0 Å². The van der Waals surface area contributed by atoms with E-state index in [1.165, 1.54) is 83.5 Å². The van der Waals surface area contributed by atoms with Gasteiger partial charge in [0.15, 0.2) is 0 Å². The van der Waals surface area contributed by atoms with Gasteiger partial charge in [-0.2, -0.15) is 0 Å². The zero-order valence-electron chi connectivity index (χ0n) is 25.8. The fraction of sp³-hybridized carbons (Fsp3) is 0.970. The Labute approximate surface area is 231 Å². The standard InChI is InChI=1S/C33H63NO3/c1-7-10-11-12-13-14-15-16-17-18-19-20-21-22-23-24-31(35)37-30-25-32(5,8-2)34(26-29-27-36-29)33(6,9-3)28(30)4/h28-30H,7-27H2,1-6H3. The van der Waals surface area contributed by atoms with Gasteiger partial charge in [-0.3, -0.25) is 9.69 Å². The predicted octanol–water partition coefficient (Wildman–Crippen LogP) is 9.24. The van der Waals surface area contributed by atoms with Crippen molar-refractivity contribution in [2.24, 2.45) is 5.92 Å². The van der Waals surface area contributed by atoms with Gasteiger partial charge in [0, 0.05) is 36.4 Å². The van der Waals surface area contributed by atoms with Crippen LogP contribution in [0.2, 0.25) is 0 Å². The molecule has 218 valence electrons. The molecule has 4 heteroatoms. The summed E-state index contributed by atoms with van der Waals surface area (Å²) in [7, 11) is 0. The molecule has 0 amide bonds. The number of hydrogen-bond donors (Lipinski definition) is 0. The number of epoxide rings is 1. The second-order valence-electron chi connectivity index (χ2n) is 12.8. The van der Waals surface area contributed by atoms with Crippen LogP contribution in [0.25, 0.3) is 0 Å². The zero-order chi connectivity index (χ0) is 27.2. The fourth-order valence-corrected chi connectivity index (χ4v) is 6.65. The number of unbranched alkanes of at least 4 members (excludes halogenated alkanes) is 14. The van der Waals surface area contributed by atoms with Crippen LogP contribution in [-0.4, -0.2) is 47.3 Å². The van der Waals surface area contributed by atoms with Crippen LogP contribution in [0.4, 0.5) is 0 Å². The third kappa shape index (κ3) is 10.8. The number of esters is 1. The van der Waals surface area contributed by atoms with Gasteiger partial charge in [0.1, 0.15) is 6.10 Å². The average molecular weight is 522 g/mol. The van der Waals surface area contributed by atoms with Crippen LogP contribution >= 0.6 is 0 Å². The van der Waals surface area contributed by atoms with Crippen molar-refractivity contribution in [1.82, 2.24) is 4.90 Å². The maximum absolute atomic E-state index is 12.8. The van der Waals surface area contributed by atoms with Crippen LogP contribution in [-0.2, 0) is 14.3 Å². The van der Waals surface area contributed by atoms with E-state index in [-0.39, 0.29) is 23.2 Å².